The fourth-order valence-electron chi connectivity index (χ4n) is 2.99. The van der Waals surface area contributed by atoms with Crippen LogP contribution in [-0.4, -0.2) is 54.7 Å². The average molecular weight is 347 g/mol. The van der Waals surface area contributed by atoms with E-state index in [0.29, 0.717) is 6.42 Å². The number of nitrogens with one attached hydrogen (secondary N) is 1. The Balaban J connectivity index is 1.37. The molecule has 0 bridgehead atoms. The molecule has 1 saturated heterocycles. The SMILES string of the molecule is C[C@H](CN1CCOCC1)NC(=O)CCCc1nc2ccccc2s1. The summed E-state index contributed by atoms with van der Waals surface area (Å²) in [6.07, 6.45) is 2.27. The molecule has 0 aliphatic carbocycles. The summed E-state index contributed by atoms with van der Waals surface area (Å²) >= 11 is 1.72. The highest BCUT2D eigenvalue weighted by molar-refractivity contribution is 7.18. The van der Waals surface area contributed by atoms with Crippen molar-refractivity contribution in [1.82, 2.24) is 15.2 Å². The fraction of sp³-hybridized carbons (Fsp3) is 0.556. The zero-order valence-corrected chi connectivity index (χ0v) is 15.0. The number of aromatic nitrogens is 1. The normalized spacial score (nSPS) is 17.0. The number of hydrogen-bond donors (Lipinski definition) is 1. The van der Waals surface area contributed by atoms with Crippen LogP contribution in [0.15, 0.2) is 24.3 Å². The third-order valence-corrected chi connectivity index (χ3v) is 5.27. The highest BCUT2D eigenvalue weighted by atomic mass is 32.1. The molecule has 0 radical (unpaired) electrons. The molecule has 1 aliphatic heterocycles. The first kappa shape index (κ1) is 17.3. The van der Waals surface area contributed by atoms with Gasteiger partial charge in [0.1, 0.15) is 0 Å². The number of rotatable bonds is 7. The number of hydrogen-bond acceptors (Lipinski definition) is 5. The maximum atomic E-state index is 12.1. The van der Waals surface area contributed by atoms with Gasteiger partial charge >= 0.3 is 0 Å². The van der Waals surface area contributed by atoms with Gasteiger partial charge in [0.15, 0.2) is 0 Å². The van der Waals surface area contributed by atoms with Crippen molar-refractivity contribution in [3.05, 3.63) is 29.3 Å². The van der Waals surface area contributed by atoms with Crippen LogP contribution in [0, 0.1) is 0 Å². The van der Waals surface area contributed by atoms with Gasteiger partial charge in [-0.2, -0.15) is 0 Å². The number of ether oxygens (including phenoxy) is 1. The van der Waals surface area contributed by atoms with Crippen molar-refractivity contribution in [2.24, 2.45) is 0 Å². The van der Waals surface area contributed by atoms with E-state index in [-0.39, 0.29) is 11.9 Å². The van der Waals surface area contributed by atoms with E-state index in [0.717, 1.165) is 56.2 Å². The minimum Gasteiger partial charge on any atom is -0.379 e. The zero-order chi connectivity index (χ0) is 16.8. The summed E-state index contributed by atoms with van der Waals surface area (Å²) in [5, 5.41) is 4.22. The van der Waals surface area contributed by atoms with Crippen LogP contribution in [0.4, 0.5) is 0 Å². The second-order valence-corrected chi connectivity index (χ2v) is 7.43. The molecule has 6 heteroatoms. The number of fused-ring (bicyclic) bond motifs is 1. The summed E-state index contributed by atoms with van der Waals surface area (Å²) < 4.78 is 6.56. The third kappa shape index (κ3) is 5.00. The molecule has 1 N–H and O–H groups in total. The van der Waals surface area contributed by atoms with Gasteiger partial charge in [0.05, 0.1) is 28.4 Å². The topological polar surface area (TPSA) is 54.5 Å². The van der Waals surface area contributed by atoms with E-state index in [9.17, 15) is 4.79 Å². The maximum absolute atomic E-state index is 12.1. The van der Waals surface area contributed by atoms with Crippen molar-refractivity contribution in [3.8, 4) is 0 Å². The molecular formula is C18H25N3O2S. The summed E-state index contributed by atoms with van der Waals surface area (Å²) in [5.41, 5.74) is 1.06. The van der Waals surface area contributed by atoms with Crippen LogP contribution in [0.3, 0.4) is 0 Å². The Hall–Kier alpha value is -1.50. The summed E-state index contributed by atoms with van der Waals surface area (Å²) in [6, 6.07) is 8.35. The number of para-hydroxylation sites is 1. The summed E-state index contributed by atoms with van der Waals surface area (Å²) in [7, 11) is 0. The molecule has 1 fully saturated rings. The lowest BCUT2D eigenvalue weighted by Crippen LogP contribution is -2.45. The van der Waals surface area contributed by atoms with E-state index in [1.54, 1.807) is 11.3 Å². The molecule has 1 aromatic heterocycles. The Morgan fingerprint density at radius 1 is 1.38 bits per heavy atom. The van der Waals surface area contributed by atoms with E-state index in [1.165, 1.54) is 4.70 Å². The van der Waals surface area contributed by atoms with Crippen LogP contribution in [-0.2, 0) is 16.0 Å². The molecule has 1 amide bonds. The number of benzene rings is 1. The van der Waals surface area contributed by atoms with Crippen molar-refractivity contribution in [3.63, 3.8) is 0 Å². The molecule has 3 rings (SSSR count). The van der Waals surface area contributed by atoms with E-state index in [4.69, 9.17) is 4.74 Å². The lowest BCUT2D eigenvalue weighted by molar-refractivity contribution is -0.121. The first-order chi connectivity index (χ1) is 11.7. The van der Waals surface area contributed by atoms with Crippen LogP contribution in [0.1, 0.15) is 24.8 Å². The van der Waals surface area contributed by atoms with Gasteiger partial charge < -0.3 is 10.1 Å². The second kappa shape index (κ2) is 8.55. The van der Waals surface area contributed by atoms with Crippen LogP contribution in [0.5, 0.6) is 0 Å². The Bertz CT molecular complexity index is 634. The highest BCUT2D eigenvalue weighted by Gasteiger charge is 2.15. The molecule has 24 heavy (non-hydrogen) atoms. The summed E-state index contributed by atoms with van der Waals surface area (Å²) in [4.78, 5) is 19.0. The van der Waals surface area contributed by atoms with E-state index >= 15 is 0 Å². The van der Waals surface area contributed by atoms with Gasteiger partial charge in [0.2, 0.25) is 5.91 Å². The molecule has 0 spiro atoms. The number of thiazole rings is 1. The first-order valence-corrected chi connectivity index (χ1v) is 9.46. The van der Waals surface area contributed by atoms with Gasteiger partial charge in [0, 0.05) is 32.1 Å². The monoisotopic (exact) mass is 347 g/mol. The van der Waals surface area contributed by atoms with Crippen molar-refractivity contribution in [2.75, 3.05) is 32.8 Å². The number of amides is 1. The molecule has 1 aromatic carbocycles. The smallest absolute Gasteiger partial charge is 0.220 e. The van der Waals surface area contributed by atoms with Gasteiger partial charge in [-0.3, -0.25) is 9.69 Å². The number of carbonyl (C=O) groups is 1. The van der Waals surface area contributed by atoms with Crippen LogP contribution >= 0.6 is 11.3 Å². The minimum atomic E-state index is 0.136. The van der Waals surface area contributed by atoms with Crippen LogP contribution in [0.25, 0.3) is 10.2 Å². The Morgan fingerprint density at radius 3 is 2.96 bits per heavy atom. The van der Waals surface area contributed by atoms with Gasteiger partial charge in [0.25, 0.3) is 0 Å². The second-order valence-electron chi connectivity index (χ2n) is 6.31. The van der Waals surface area contributed by atoms with Crippen LogP contribution < -0.4 is 5.32 Å². The van der Waals surface area contributed by atoms with Crippen LogP contribution in [0.2, 0.25) is 0 Å². The Morgan fingerprint density at radius 2 is 2.17 bits per heavy atom. The molecule has 2 heterocycles. The number of morpholine rings is 1. The molecule has 5 nitrogen and oxygen atoms in total. The van der Waals surface area contributed by atoms with Gasteiger partial charge in [-0.15, -0.1) is 11.3 Å². The quantitative estimate of drug-likeness (QED) is 0.836. The molecule has 130 valence electrons. The van der Waals surface area contributed by atoms with E-state index < -0.39 is 0 Å². The largest absolute Gasteiger partial charge is 0.379 e. The maximum Gasteiger partial charge on any atom is 0.220 e. The van der Waals surface area contributed by atoms with Crippen molar-refractivity contribution < 1.29 is 9.53 Å². The van der Waals surface area contributed by atoms with E-state index in [1.807, 2.05) is 18.2 Å². The average Bonchev–Trinajstić information content (AvgIpc) is 2.98. The predicted molar refractivity (Wildman–Crippen MR) is 97.4 cm³/mol. The molecule has 1 atom stereocenters. The molecule has 1 aliphatic rings. The molecular weight excluding hydrogens is 322 g/mol. The third-order valence-electron chi connectivity index (χ3n) is 4.18. The minimum absolute atomic E-state index is 0.136. The van der Waals surface area contributed by atoms with Gasteiger partial charge in [-0.1, -0.05) is 12.1 Å². The zero-order valence-electron chi connectivity index (χ0n) is 14.2. The standard InChI is InChI=1S/C18H25N3O2S/c1-14(13-21-9-11-23-12-10-21)19-17(22)7-4-8-18-20-15-5-2-3-6-16(15)24-18/h2-3,5-6,14H,4,7-13H2,1H3,(H,19,22)/t14-/m1/s1. The lowest BCUT2D eigenvalue weighted by Gasteiger charge is -2.29. The van der Waals surface area contributed by atoms with Crippen molar-refractivity contribution >= 4 is 27.5 Å². The van der Waals surface area contributed by atoms with Crippen molar-refractivity contribution in [1.29, 1.82) is 0 Å². The fourth-order valence-corrected chi connectivity index (χ4v) is 4.00. The van der Waals surface area contributed by atoms with E-state index in [2.05, 4.69) is 28.2 Å². The number of aryl methyl sites for hydroxylation is 1. The molecule has 0 saturated carbocycles. The van der Waals surface area contributed by atoms with Gasteiger partial charge in [-0.25, -0.2) is 4.98 Å². The Labute approximate surface area is 147 Å². The summed E-state index contributed by atoms with van der Waals surface area (Å²) in [5.74, 6) is 0.136. The number of nitrogens with zero attached hydrogens (tertiary/aromatic N) is 2. The first-order valence-electron chi connectivity index (χ1n) is 8.64. The lowest BCUT2D eigenvalue weighted by atomic mass is 10.2. The highest BCUT2D eigenvalue weighted by Crippen LogP contribution is 2.22. The van der Waals surface area contributed by atoms with Crippen molar-refractivity contribution in [2.45, 2.75) is 32.2 Å². The molecule has 0 unspecified atom stereocenters. The van der Waals surface area contributed by atoms with Gasteiger partial charge in [-0.05, 0) is 31.9 Å². The molecule has 2 aromatic rings. The Kier molecular flexibility index (Phi) is 6.18. The predicted octanol–water partition coefficient (Wildman–Crippen LogP) is 2.46. The number of carbonyl (C=O) groups excluding carboxylic acids is 1. The summed E-state index contributed by atoms with van der Waals surface area (Å²) in [6.45, 7) is 6.47.